The Balaban J connectivity index is 2.68. The highest BCUT2D eigenvalue weighted by Gasteiger charge is 2.40. The van der Waals surface area contributed by atoms with Crippen molar-refractivity contribution in [3.63, 3.8) is 0 Å². The van der Waals surface area contributed by atoms with Crippen LogP contribution < -0.4 is 10.1 Å². The normalized spacial score (nSPS) is 13.5. The summed E-state index contributed by atoms with van der Waals surface area (Å²) in [6.07, 6.45) is -4.34. The van der Waals surface area contributed by atoms with Gasteiger partial charge in [-0.15, -0.1) is 0 Å². The van der Waals surface area contributed by atoms with Gasteiger partial charge in [-0.1, -0.05) is 30.3 Å². The van der Waals surface area contributed by atoms with Crippen molar-refractivity contribution < 1.29 is 17.9 Å². The van der Waals surface area contributed by atoms with Crippen molar-refractivity contribution in [3.05, 3.63) is 42.0 Å². The Bertz CT molecular complexity index is 580. The van der Waals surface area contributed by atoms with Crippen molar-refractivity contribution in [2.24, 2.45) is 0 Å². The number of alkyl halides is 3. The lowest BCUT2D eigenvalue weighted by atomic mass is 9.97. The molecule has 0 aliphatic carbocycles. The zero-order chi connectivity index (χ0) is 14.0. The van der Waals surface area contributed by atoms with Gasteiger partial charge in [-0.3, -0.25) is 0 Å². The molecule has 2 rings (SSSR count). The lowest BCUT2D eigenvalue weighted by Gasteiger charge is -2.22. The number of fused-ring (bicyclic) bond motifs is 1. The molecule has 0 saturated heterocycles. The molecule has 102 valence electrons. The molecule has 5 heteroatoms. The fraction of sp³-hybridized carbons (Fsp3) is 0.286. The molecule has 0 aliphatic rings. The zero-order valence-corrected chi connectivity index (χ0v) is 10.6. The Kier molecular flexibility index (Phi) is 3.66. The maximum absolute atomic E-state index is 13.0. The van der Waals surface area contributed by atoms with Gasteiger partial charge in [0.05, 0.1) is 7.11 Å². The van der Waals surface area contributed by atoms with E-state index in [1.165, 1.54) is 20.2 Å². The van der Waals surface area contributed by atoms with E-state index in [0.717, 1.165) is 0 Å². The van der Waals surface area contributed by atoms with Crippen LogP contribution in [0.2, 0.25) is 0 Å². The van der Waals surface area contributed by atoms with Crippen LogP contribution in [-0.2, 0) is 0 Å². The Morgan fingerprint density at radius 1 is 1.05 bits per heavy atom. The second-order valence-corrected chi connectivity index (χ2v) is 4.17. The number of methoxy groups -OCH3 is 1. The van der Waals surface area contributed by atoms with Crippen LogP contribution in [0.1, 0.15) is 11.6 Å². The predicted molar refractivity (Wildman–Crippen MR) is 68.4 cm³/mol. The minimum atomic E-state index is -4.34. The third-order valence-corrected chi connectivity index (χ3v) is 3.06. The van der Waals surface area contributed by atoms with Crippen molar-refractivity contribution >= 4 is 10.8 Å². The summed E-state index contributed by atoms with van der Waals surface area (Å²) in [6, 6.07) is 8.24. The number of halogens is 3. The molecule has 0 fully saturated rings. The van der Waals surface area contributed by atoms with Crippen molar-refractivity contribution in [1.82, 2.24) is 5.32 Å². The zero-order valence-electron chi connectivity index (χ0n) is 10.6. The number of nitrogens with one attached hydrogen (secondary N) is 1. The third-order valence-electron chi connectivity index (χ3n) is 3.06. The van der Waals surface area contributed by atoms with Gasteiger partial charge in [0.15, 0.2) is 0 Å². The minimum Gasteiger partial charge on any atom is -0.496 e. The molecule has 1 N–H and O–H groups in total. The Labute approximate surface area is 109 Å². The van der Waals surface area contributed by atoms with E-state index in [0.29, 0.717) is 16.5 Å². The number of hydrogen-bond acceptors (Lipinski definition) is 2. The van der Waals surface area contributed by atoms with E-state index < -0.39 is 12.2 Å². The first-order chi connectivity index (χ1) is 8.99. The predicted octanol–water partition coefficient (Wildman–Crippen LogP) is 3.67. The standard InChI is InChI=1S/C14H14F3NO/c1-18-13(14(15,16)17)11-7-8-12(19-2)10-6-4-3-5-9(10)11/h3-8,13,18H,1-2H3. The summed E-state index contributed by atoms with van der Waals surface area (Å²) in [5.74, 6) is 0.566. The summed E-state index contributed by atoms with van der Waals surface area (Å²) < 4.78 is 44.2. The third kappa shape index (κ3) is 2.51. The van der Waals surface area contributed by atoms with Gasteiger partial charge in [0.25, 0.3) is 0 Å². The molecule has 1 unspecified atom stereocenters. The Morgan fingerprint density at radius 2 is 1.68 bits per heavy atom. The highest BCUT2D eigenvalue weighted by atomic mass is 19.4. The fourth-order valence-corrected chi connectivity index (χ4v) is 2.22. The van der Waals surface area contributed by atoms with Crippen LogP contribution in [0.25, 0.3) is 10.8 Å². The topological polar surface area (TPSA) is 21.3 Å². The maximum atomic E-state index is 13.0. The van der Waals surface area contributed by atoms with Crippen LogP contribution >= 0.6 is 0 Å². The smallest absolute Gasteiger partial charge is 0.407 e. The molecular formula is C14H14F3NO. The first-order valence-electron chi connectivity index (χ1n) is 5.78. The lowest BCUT2D eigenvalue weighted by molar-refractivity contribution is -0.156. The van der Waals surface area contributed by atoms with Crippen LogP contribution in [-0.4, -0.2) is 20.3 Å². The molecule has 19 heavy (non-hydrogen) atoms. The Morgan fingerprint density at radius 3 is 2.21 bits per heavy atom. The van der Waals surface area contributed by atoms with Crippen LogP contribution in [0.4, 0.5) is 13.2 Å². The van der Waals surface area contributed by atoms with E-state index in [2.05, 4.69) is 5.32 Å². The highest BCUT2D eigenvalue weighted by molar-refractivity contribution is 5.91. The average Bonchev–Trinajstić information content (AvgIpc) is 2.38. The maximum Gasteiger partial charge on any atom is 0.407 e. The summed E-state index contributed by atoms with van der Waals surface area (Å²) in [7, 11) is 2.80. The molecule has 0 bridgehead atoms. The van der Waals surface area contributed by atoms with Crippen molar-refractivity contribution in [1.29, 1.82) is 0 Å². The summed E-state index contributed by atoms with van der Waals surface area (Å²) in [6.45, 7) is 0. The quantitative estimate of drug-likeness (QED) is 0.918. The molecule has 0 radical (unpaired) electrons. The molecule has 0 aromatic heterocycles. The van der Waals surface area contributed by atoms with Gasteiger partial charge in [0.2, 0.25) is 0 Å². The molecule has 2 nitrogen and oxygen atoms in total. The van der Waals surface area contributed by atoms with Gasteiger partial charge >= 0.3 is 6.18 Å². The summed E-state index contributed by atoms with van der Waals surface area (Å²) >= 11 is 0. The van der Waals surface area contributed by atoms with Gasteiger partial charge in [-0.05, 0) is 24.1 Å². The van der Waals surface area contributed by atoms with Crippen molar-refractivity contribution in [2.75, 3.05) is 14.2 Å². The largest absolute Gasteiger partial charge is 0.496 e. The second-order valence-electron chi connectivity index (χ2n) is 4.17. The monoisotopic (exact) mass is 269 g/mol. The number of rotatable bonds is 3. The van der Waals surface area contributed by atoms with Gasteiger partial charge in [-0.25, -0.2) is 0 Å². The summed E-state index contributed by atoms with van der Waals surface area (Å²) in [5.41, 5.74) is 0.200. The highest BCUT2D eigenvalue weighted by Crippen LogP contribution is 2.38. The summed E-state index contributed by atoms with van der Waals surface area (Å²) in [5, 5.41) is 3.54. The van der Waals surface area contributed by atoms with Crippen LogP contribution in [0, 0.1) is 0 Å². The van der Waals surface area contributed by atoms with E-state index in [-0.39, 0.29) is 5.56 Å². The first kappa shape index (κ1) is 13.7. The molecule has 0 spiro atoms. The van der Waals surface area contributed by atoms with Crippen molar-refractivity contribution in [3.8, 4) is 5.75 Å². The number of hydrogen-bond donors (Lipinski definition) is 1. The molecule has 0 heterocycles. The van der Waals surface area contributed by atoms with E-state index in [4.69, 9.17) is 4.74 Å². The van der Waals surface area contributed by atoms with E-state index >= 15 is 0 Å². The van der Waals surface area contributed by atoms with E-state index in [1.807, 2.05) is 0 Å². The van der Waals surface area contributed by atoms with E-state index in [9.17, 15) is 13.2 Å². The first-order valence-corrected chi connectivity index (χ1v) is 5.78. The molecule has 2 aromatic carbocycles. The molecular weight excluding hydrogens is 255 g/mol. The lowest BCUT2D eigenvalue weighted by Crippen LogP contribution is -2.31. The Hall–Kier alpha value is -1.75. The number of ether oxygens (including phenoxy) is 1. The molecule has 2 aromatic rings. The van der Waals surface area contributed by atoms with Gasteiger partial charge in [0.1, 0.15) is 11.8 Å². The van der Waals surface area contributed by atoms with Gasteiger partial charge in [0, 0.05) is 5.39 Å². The second kappa shape index (κ2) is 5.09. The van der Waals surface area contributed by atoms with Crippen LogP contribution in [0.3, 0.4) is 0 Å². The van der Waals surface area contributed by atoms with Crippen molar-refractivity contribution in [2.45, 2.75) is 12.2 Å². The van der Waals surface area contributed by atoms with Gasteiger partial charge < -0.3 is 10.1 Å². The minimum absolute atomic E-state index is 0.200. The van der Waals surface area contributed by atoms with Gasteiger partial charge in [-0.2, -0.15) is 13.2 Å². The molecule has 0 aliphatic heterocycles. The van der Waals surface area contributed by atoms with E-state index in [1.54, 1.807) is 30.3 Å². The molecule has 1 atom stereocenters. The van der Waals surface area contributed by atoms with Crippen LogP contribution in [0.15, 0.2) is 36.4 Å². The summed E-state index contributed by atoms with van der Waals surface area (Å²) in [4.78, 5) is 0. The number of benzene rings is 2. The van der Waals surface area contributed by atoms with Crippen LogP contribution in [0.5, 0.6) is 5.75 Å². The molecule has 0 saturated carbocycles. The fourth-order valence-electron chi connectivity index (χ4n) is 2.22. The SMILES string of the molecule is CNC(c1ccc(OC)c2ccccc12)C(F)(F)F. The average molecular weight is 269 g/mol. The molecule has 0 amide bonds.